The topological polar surface area (TPSA) is 225 Å². The highest BCUT2D eigenvalue weighted by Crippen LogP contribution is 2.13. The van der Waals surface area contributed by atoms with E-state index in [-0.39, 0.29) is 61.1 Å². The summed E-state index contributed by atoms with van der Waals surface area (Å²) in [6.07, 6.45) is 1.27. The van der Waals surface area contributed by atoms with E-state index in [9.17, 15) is 29.4 Å². The molecule has 8 N–H and O–H groups in total. The molecule has 0 bridgehead atoms. The maximum Gasteiger partial charge on any atom is 0.326 e. The molecule has 202 valence electrons. The number of benzene rings is 1. The highest BCUT2D eigenvalue weighted by Gasteiger charge is 2.23. The van der Waals surface area contributed by atoms with Crippen molar-refractivity contribution in [1.82, 2.24) is 30.6 Å². The van der Waals surface area contributed by atoms with E-state index in [1.165, 1.54) is 18.3 Å². The van der Waals surface area contributed by atoms with Crippen LogP contribution in [-0.4, -0.2) is 67.1 Å². The monoisotopic (exact) mass is 526 g/mol. The third-order valence-electron chi connectivity index (χ3n) is 5.56. The number of carboxylic acid groups (broad SMARTS) is 1. The zero-order chi connectivity index (χ0) is 27.9. The second kappa shape index (κ2) is 12.1. The van der Waals surface area contributed by atoms with Crippen molar-refractivity contribution in [2.75, 3.05) is 24.2 Å². The summed E-state index contributed by atoms with van der Waals surface area (Å²) in [4.78, 5) is 62.8. The van der Waals surface area contributed by atoms with Gasteiger partial charge in [-0.05, 0) is 30.7 Å². The van der Waals surface area contributed by atoms with Crippen LogP contribution in [0.2, 0.25) is 0 Å². The minimum atomic E-state index is -1.26. The van der Waals surface area contributed by atoms with Crippen LogP contribution in [0.4, 0.5) is 11.6 Å². The summed E-state index contributed by atoms with van der Waals surface area (Å²) in [7, 11) is 0. The molecule has 14 nitrogen and oxygen atoms in total. The minimum Gasteiger partial charge on any atom is -0.480 e. The Bertz CT molecular complexity index is 1370. The van der Waals surface area contributed by atoms with Crippen LogP contribution >= 0.6 is 0 Å². The lowest BCUT2D eigenvalue weighted by atomic mass is 9.95. The number of aliphatic hydroxyl groups excluding tert-OH is 1. The number of fused-ring (bicyclic) bond motifs is 1. The summed E-state index contributed by atoms with van der Waals surface area (Å²) in [5.41, 5.74) is 6.06. The molecule has 0 spiro atoms. The Labute approximate surface area is 217 Å². The second-order valence-electron chi connectivity index (χ2n) is 9.42. The molecular weight excluding hydrogens is 496 g/mol. The SMILES string of the molecule is CC(C)(CO)CNC(=O)CC[C@H](NC(=O)c1ccc(NCc2cnc3nc(N)[nH]c(=O)c3n2)cc1)C(=O)O. The quantitative estimate of drug-likeness (QED) is 0.166. The number of nitrogens with two attached hydrogens (primary N) is 1. The van der Waals surface area contributed by atoms with Gasteiger partial charge < -0.3 is 31.9 Å². The number of aromatic amines is 1. The van der Waals surface area contributed by atoms with E-state index in [1.54, 1.807) is 26.0 Å². The van der Waals surface area contributed by atoms with Gasteiger partial charge in [0.25, 0.3) is 11.5 Å². The van der Waals surface area contributed by atoms with Crippen LogP contribution in [0.15, 0.2) is 35.3 Å². The normalized spacial score (nSPS) is 12.1. The molecule has 0 aliphatic heterocycles. The summed E-state index contributed by atoms with van der Waals surface area (Å²) in [5.74, 6) is -2.28. The van der Waals surface area contributed by atoms with Crippen molar-refractivity contribution in [3.05, 3.63) is 52.1 Å². The van der Waals surface area contributed by atoms with Crippen LogP contribution in [0.5, 0.6) is 0 Å². The number of carbonyl (C=O) groups is 3. The van der Waals surface area contributed by atoms with Crippen LogP contribution in [0.3, 0.4) is 0 Å². The van der Waals surface area contributed by atoms with Gasteiger partial charge in [-0.25, -0.2) is 14.8 Å². The second-order valence-corrected chi connectivity index (χ2v) is 9.42. The van der Waals surface area contributed by atoms with E-state index in [4.69, 9.17) is 5.73 Å². The van der Waals surface area contributed by atoms with E-state index in [2.05, 4.69) is 35.9 Å². The van der Waals surface area contributed by atoms with Crippen molar-refractivity contribution in [3.8, 4) is 0 Å². The Kier molecular flexibility index (Phi) is 8.91. The highest BCUT2D eigenvalue weighted by molar-refractivity contribution is 5.97. The Morgan fingerprint density at radius 1 is 1.16 bits per heavy atom. The molecule has 38 heavy (non-hydrogen) atoms. The van der Waals surface area contributed by atoms with Gasteiger partial charge in [0.05, 0.1) is 18.4 Å². The van der Waals surface area contributed by atoms with Gasteiger partial charge in [0.2, 0.25) is 11.9 Å². The first-order valence-corrected chi connectivity index (χ1v) is 11.7. The number of H-pyrrole nitrogens is 1. The predicted octanol–water partition coefficient (Wildman–Crippen LogP) is 0.00530. The zero-order valence-corrected chi connectivity index (χ0v) is 20.9. The first kappa shape index (κ1) is 28.0. The maximum atomic E-state index is 12.6. The summed E-state index contributed by atoms with van der Waals surface area (Å²) < 4.78 is 0. The molecule has 1 atom stereocenters. The van der Waals surface area contributed by atoms with E-state index in [0.29, 0.717) is 11.4 Å². The molecular formula is C24H30N8O6. The van der Waals surface area contributed by atoms with Gasteiger partial charge in [-0.2, -0.15) is 4.98 Å². The average Bonchev–Trinajstić information content (AvgIpc) is 2.88. The van der Waals surface area contributed by atoms with Gasteiger partial charge in [0.15, 0.2) is 11.2 Å². The van der Waals surface area contributed by atoms with Crippen LogP contribution in [-0.2, 0) is 16.1 Å². The number of carboxylic acids is 1. The van der Waals surface area contributed by atoms with Gasteiger partial charge >= 0.3 is 5.97 Å². The summed E-state index contributed by atoms with van der Waals surface area (Å²) in [5, 5.41) is 26.9. The Hall–Kier alpha value is -4.59. The molecule has 0 aliphatic carbocycles. The fourth-order valence-electron chi connectivity index (χ4n) is 3.24. The van der Waals surface area contributed by atoms with Crippen LogP contribution in [0.1, 0.15) is 42.7 Å². The maximum absolute atomic E-state index is 12.6. The van der Waals surface area contributed by atoms with Gasteiger partial charge in [-0.1, -0.05) is 13.8 Å². The summed E-state index contributed by atoms with van der Waals surface area (Å²) >= 11 is 0. The Balaban J connectivity index is 1.54. The molecule has 0 saturated carbocycles. The Morgan fingerprint density at radius 3 is 2.53 bits per heavy atom. The van der Waals surface area contributed by atoms with Crippen molar-refractivity contribution in [3.63, 3.8) is 0 Å². The summed E-state index contributed by atoms with van der Waals surface area (Å²) in [6.45, 7) is 3.93. The fourth-order valence-corrected chi connectivity index (χ4v) is 3.24. The minimum absolute atomic E-state index is 0.0506. The average molecular weight is 527 g/mol. The standard InChI is InChI=1S/C24H30N8O6/c1-24(2,12-33)11-28-17(34)8-7-16(22(37)38)30-20(35)13-3-5-14(6-4-13)26-9-15-10-27-19-18(29-15)21(36)32-23(25)31-19/h3-6,10,16,26,33H,7-9,11-12H2,1-2H3,(H,28,34)(H,30,35)(H,37,38)(H3,25,27,31,32,36)/t16-/m0/s1. The lowest BCUT2D eigenvalue weighted by Gasteiger charge is -2.22. The smallest absolute Gasteiger partial charge is 0.326 e. The van der Waals surface area contributed by atoms with Crippen molar-refractivity contribution in [2.24, 2.45) is 5.41 Å². The molecule has 0 radical (unpaired) electrons. The molecule has 3 aromatic rings. The molecule has 0 fully saturated rings. The van der Waals surface area contributed by atoms with Crippen molar-refractivity contribution < 1.29 is 24.6 Å². The van der Waals surface area contributed by atoms with Gasteiger partial charge in [0.1, 0.15) is 6.04 Å². The lowest BCUT2D eigenvalue weighted by Crippen LogP contribution is -2.42. The molecule has 1 aromatic carbocycles. The number of rotatable bonds is 12. The molecule has 2 heterocycles. The predicted molar refractivity (Wildman–Crippen MR) is 138 cm³/mol. The highest BCUT2D eigenvalue weighted by atomic mass is 16.4. The molecule has 2 amide bonds. The molecule has 14 heteroatoms. The van der Waals surface area contributed by atoms with E-state index in [1.807, 2.05) is 0 Å². The van der Waals surface area contributed by atoms with Gasteiger partial charge in [-0.15, -0.1) is 0 Å². The van der Waals surface area contributed by atoms with Gasteiger partial charge in [-0.3, -0.25) is 19.4 Å². The third-order valence-corrected chi connectivity index (χ3v) is 5.56. The molecule has 2 aromatic heterocycles. The van der Waals surface area contributed by atoms with Crippen molar-refractivity contribution >= 4 is 40.6 Å². The number of anilines is 2. The largest absolute Gasteiger partial charge is 0.480 e. The number of amides is 2. The van der Waals surface area contributed by atoms with Crippen LogP contribution in [0.25, 0.3) is 11.2 Å². The number of aliphatic hydroxyl groups is 1. The number of aliphatic carboxylic acids is 1. The Morgan fingerprint density at radius 2 is 1.87 bits per heavy atom. The van der Waals surface area contributed by atoms with E-state index >= 15 is 0 Å². The van der Waals surface area contributed by atoms with Crippen LogP contribution in [0, 0.1) is 5.41 Å². The number of carbonyl (C=O) groups excluding carboxylic acids is 2. The number of aromatic nitrogens is 4. The van der Waals surface area contributed by atoms with E-state index < -0.39 is 28.9 Å². The first-order chi connectivity index (χ1) is 18.0. The zero-order valence-electron chi connectivity index (χ0n) is 20.9. The summed E-state index contributed by atoms with van der Waals surface area (Å²) in [6, 6.07) is 5.04. The van der Waals surface area contributed by atoms with Crippen molar-refractivity contribution in [1.29, 1.82) is 0 Å². The van der Waals surface area contributed by atoms with Gasteiger partial charge in [0, 0.05) is 36.2 Å². The first-order valence-electron chi connectivity index (χ1n) is 11.7. The van der Waals surface area contributed by atoms with Crippen molar-refractivity contribution in [2.45, 2.75) is 39.3 Å². The molecule has 0 saturated heterocycles. The molecule has 3 rings (SSSR count). The lowest BCUT2D eigenvalue weighted by molar-refractivity contribution is -0.139. The number of nitrogens with zero attached hydrogens (tertiary/aromatic N) is 3. The molecule has 0 unspecified atom stereocenters. The fraction of sp³-hybridized carbons (Fsp3) is 0.375. The van der Waals surface area contributed by atoms with Crippen LogP contribution < -0.4 is 27.2 Å². The number of hydrogen-bond acceptors (Lipinski definition) is 10. The number of hydrogen-bond donors (Lipinski definition) is 7. The third kappa shape index (κ3) is 7.70. The number of nitrogen functional groups attached to an aromatic ring is 1. The number of nitrogens with one attached hydrogen (secondary N) is 4. The van der Waals surface area contributed by atoms with E-state index in [0.717, 1.165) is 0 Å². The molecule has 0 aliphatic rings.